The number of amides is 2. The minimum Gasteiger partial charge on any atom is -0.467 e. The molecule has 1 saturated carbocycles. The largest absolute Gasteiger partial charge is 0.467 e. The number of anilines is 1. The fourth-order valence-electron chi connectivity index (χ4n) is 3.77. The molecule has 140 valence electrons. The van der Waals surface area contributed by atoms with Gasteiger partial charge in [0.1, 0.15) is 5.54 Å². The van der Waals surface area contributed by atoms with Gasteiger partial charge in [-0.1, -0.05) is 30.9 Å². The summed E-state index contributed by atoms with van der Waals surface area (Å²) < 4.78 is 4.87. The van der Waals surface area contributed by atoms with E-state index in [0.29, 0.717) is 23.6 Å². The molecule has 0 spiro atoms. The van der Waals surface area contributed by atoms with Crippen molar-refractivity contribution in [1.82, 2.24) is 5.32 Å². The molecule has 1 aliphatic heterocycles. The molecule has 0 saturated heterocycles. The van der Waals surface area contributed by atoms with Crippen molar-refractivity contribution in [3.63, 3.8) is 0 Å². The van der Waals surface area contributed by atoms with Crippen LogP contribution in [0, 0.1) is 0 Å². The fourth-order valence-corrected chi connectivity index (χ4v) is 3.94. The molecule has 8 heteroatoms. The molecule has 1 unspecified atom stereocenters. The second-order valence-electron chi connectivity index (χ2n) is 6.86. The number of esters is 1. The van der Waals surface area contributed by atoms with Crippen molar-refractivity contribution in [2.24, 2.45) is 0 Å². The van der Waals surface area contributed by atoms with E-state index in [2.05, 4.69) is 10.6 Å². The number of carbonyl (C=O) groups excluding carboxylic acids is 3. The van der Waals surface area contributed by atoms with Gasteiger partial charge in [0, 0.05) is 16.3 Å². The Hall–Kier alpha value is -2.12. The number of methoxy groups -OCH3 is 1. The number of hydrogen-bond donors (Lipinski definition) is 3. The first kappa shape index (κ1) is 18.7. The van der Waals surface area contributed by atoms with Crippen LogP contribution in [0.4, 0.5) is 5.69 Å². The molecule has 1 aromatic rings. The van der Waals surface area contributed by atoms with Gasteiger partial charge in [-0.3, -0.25) is 9.59 Å². The summed E-state index contributed by atoms with van der Waals surface area (Å²) in [7, 11) is 1.28. The van der Waals surface area contributed by atoms with Crippen LogP contribution in [0.25, 0.3) is 0 Å². The predicted octanol–water partition coefficient (Wildman–Crippen LogP) is 1.86. The molecule has 7 nitrogen and oxygen atoms in total. The van der Waals surface area contributed by atoms with Crippen LogP contribution in [0.3, 0.4) is 0 Å². The molecular formula is C18H21ClN2O5. The molecule has 0 radical (unpaired) electrons. The van der Waals surface area contributed by atoms with Gasteiger partial charge < -0.3 is 20.5 Å². The highest BCUT2D eigenvalue weighted by molar-refractivity contribution is 6.31. The van der Waals surface area contributed by atoms with Gasteiger partial charge in [-0.2, -0.15) is 0 Å². The van der Waals surface area contributed by atoms with Crippen molar-refractivity contribution in [3.8, 4) is 0 Å². The average molecular weight is 381 g/mol. The highest BCUT2D eigenvalue weighted by Gasteiger charge is 2.49. The lowest BCUT2D eigenvalue weighted by Crippen LogP contribution is -2.57. The van der Waals surface area contributed by atoms with Crippen molar-refractivity contribution < 1.29 is 24.2 Å². The van der Waals surface area contributed by atoms with Gasteiger partial charge in [0.05, 0.1) is 13.5 Å². The molecule has 1 heterocycles. The van der Waals surface area contributed by atoms with Crippen LogP contribution in [-0.2, 0) is 24.7 Å². The van der Waals surface area contributed by atoms with Crippen LogP contribution in [0.15, 0.2) is 18.2 Å². The van der Waals surface area contributed by atoms with E-state index in [4.69, 9.17) is 16.3 Å². The lowest BCUT2D eigenvalue weighted by molar-refractivity contribution is -0.154. The van der Waals surface area contributed by atoms with Gasteiger partial charge in [-0.25, -0.2) is 4.79 Å². The smallest absolute Gasteiger partial charge is 0.331 e. The van der Waals surface area contributed by atoms with E-state index in [0.717, 1.165) is 19.3 Å². The molecule has 2 aliphatic rings. The number of nitrogens with one attached hydrogen (secondary N) is 2. The average Bonchev–Trinajstić information content (AvgIpc) is 2.85. The Morgan fingerprint density at radius 1 is 1.31 bits per heavy atom. The topological polar surface area (TPSA) is 105 Å². The third-order valence-electron chi connectivity index (χ3n) is 5.13. The van der Waals surface area contributed by atoms with Crippen molar-refractivity contribution in [2.75, 3.05) is 12.4 Å². The SMILES string of the molecule is COC(=O)C1(NC(=O)CC2(O)C(=O)Nc3ccc(Cl)cc32)CCCCC1. The monoisotopic (exact) mass is 380 g/mol. The minimum absolute atomic E-state index is 0.251. The number of fused-ring (bicyclic) bond motifs is 1. The zero-order valence-corrected chi connectivity index (χ0v) is 15.2. The fraction of sp³-hybridized carbons (Fsp3) is 0.500. The molecule has 0 bridgehead atoms. The summed E-state index contributed by atoms with van der Waals surface area (Å²) in [6.07, 6.45) is 2.99. The van der Waals surface area contributed by atoms with E-state index >= 15 is 0 Å². The Labute approximate surface area is 156 Å². The van der Waals surface area contributed by atoms with Crippen LogP contribution in [-0.4, -0.2) is 35.5 Å². The van der Waals surface area contributed by atoms with Gasteiger partial charge in [0.2, 0.25) is 5.91 Å². The maximum absolute atomic E-state index is 12.6. The van der Waals surface area contributed by atoms with Gasteiger partial charge >= 0.3 is 5.97 Å². The van der Waals surface area contributed by atoms with Crippen LogP contribution in [0.1, 0.15) is 44.1 Å². The Morgan fingerprint density at radius 3 is 2.65 bits per heavy atom. The molecule has 2 amide bonds. The van der Waals surface area contributed by atoms with Crippen LogP contribution in [0.2, 0.25) is 5.02 Å². The first-order chi connectivity index (χ1) is 12.3. The number of aliphatic hydroxyl groups is 1. The van der Waals surface area contributed by atoms with Gasteiger partial charge in [0.25, 0.3) is 5.91 Å². The van der Waals surface area contributed by atoms with Crippen molar-refractivity contribution in [1.29, 1.82) is 0 Å². The quantitative estimate of drug-likeness (QED) is 0.691. The van der Waals surface area contributed by atoms with Gasteiger partial charge in [-0.05, 0) is 31.0 Å². The third kappa shape index (κ3) is 3.17. The first-order valence-corrected chi connectivity index (χ1v) is 8.92. The standard InChI is InChI=1S/C18H21ClN2O5/c1-26-16(24)17(7-3-2-4-8-17)21-14(22)10-18(25)12-9-11(19)5-6-13(12)20-15(18)23/h5-6,9,25H,2-4,7-8,10H2,1H3,(H,20,23)(H,21,22). The molecule has 26 heavy (non-hydrogen) atoms. The Bertz CT molecular complexity index is 760. The summed E-state index contributed by atoms with van der Waals surface area (Å²) in [5.41, 5.74) is -2.47. The van der Waals surface area contributed by atoms with Crippen molar-refractivity contribution in [2.45, 2.75) is 49.7 Å². The number of carbonyl (C=O) groups is 3. The number of rotatable bonds is 4. The number of halogens is 1. The Kier molecular flexibility index (Phi) is 4.94. The Balaban J connectivity index is 1.82. The second-order valence-corrected chi connectivity index (χ2v) is 7.30. The number of hydrogen-bond acceptors (Lipinski definition) is 5. The van der Waals surface area contributed by atoms with E-state index in [9.17, 15) is 19.5 Å². The molecule has 3 rings (SSSR count). The molecule has 1 atom stereocenters. The second kappa shape index (κ2) is 6.89. The number of ether oxygens (including phenoxy) is 1. The molecule has 1 fully saturated rings. The van der Waals surface area contributed by atoms with E-state index in [-0.39, 0.29) is 5.56 Å². The molecule has 1 aliphatic carbocycles. The lowest BCUT2D eigenvalue weighted by atomic mass is 9.81. The first-order valence-electron chi connectivity index (χ1n) is 8.54. The summed E-state index contributed by atoms with van der Waals surface area (Å²) in [6, 6.07) is 4.61. The van der Waals surface area contributed by atoms with E-state index < -0.39 is 35.3 Å². The van der Waals surface area contributed by atoms with E-state index in [1.54, 1.807) is 12.1 Å². The summed E-state index contributed by atoms with van der Waals surface area (Å²) in [5, 5.41) is 16.5. The predicted molar refractivity (Wildman–Crippen MR) is 94.6 cm³/mol. The van der Waals surface area contributed by atoms with E-state index in [1.807, 2.05) is 0 Å². The zero-order chi connectivity index (χ0) is 18.9. The lowest BCUT2D eigenvalue weighted by Gasteiger charge is -2.36. The zero-order valence-electron chi connectivity index (χ0n) is 14.4. The van der Waals surface area contributed by atoms with Crippen molar-refractivity contribution in [3.05, 3.63) is 28.8 Å². The van der Waals surface area contributed by atoms with Crippen LogP contribution >= 0.6 is 11.6 Å². The molecule has 0 aromatic heterocycles. The van der Waals surface area contributed by atoms with Crippen LogP contribution < -0.4 is 10.6 Å². The summed E-state index contributed by atoms with van der Waals surface area (Å²) >= 11 is 5.96. The van der Waals surface area contributed by atoms with Crippen molar-refractivity contribution >= 4 is 35.1 Å². The molecule has 3 N–H and O–H groups in total. The van der Waals surface area contributed by atoms with Gasteiger partial charge in [-0.15, -0.1) is 0 Å². The Morgan fingerprint density at radius 2 is 2.00 bits per heavy atom. The number of benzene rings is 1. The van der Waals surface area contributed by atoms with E-state index in [1.165, 1.54) is 13.2 Å². The van der Waals surface area contributed by atoms with Gasteiger partial charge in [0.15, 0.2) is 5.60 Å². The third-order valence-corrected chi connectivity index (χ3v) is 5.36. The van der Waals surface area contributed by atoms with Crippen LogP contribution in [0.5, 0.6) is 0 Å². The minimum atomic E-state index is -2.03. The highest BCUT2D eigenvalue weighted by atomic mass is 35.5. The summed E-state index contributed by atoms with van der Waals surface area (Å²) in [4.78, 5) is 37.2. The summed E-state index contributed by atoms with van der Waals surface area (Å²) in [5.74, 6) is -1.79. The normalized spacial score (nSPS) is 23.7. The molecular weight excluding hydrogens is 360 g/mol. The maximum atomic E-state index is 12.6. The molecule has 1 aromatic carbocycles. The highest BCUT2D eigenvalue weighted by Crippen LogP contribution is 2.40. The summed E-state index contributed by atoms with van der Waals surface area (Å²) in [6.45, 7) is 0. The maximum Gasteiger partial charge on any atom is 0.331 e.